The van der Waals surface area contributed by atoms with Crippen LogP contribution in [0.25, 0.3) is 0 Å². The Bertz CT molecular complexity index is 425. The quantitative estimate of drug-likeness (QED) is 0.816. The smallest absolute Gasteiger partial charge is 0.0513 e. The summed E-state index contributed by atoms with van der Waals surface area (Å²) in [6, 6.07) is 7.52. The molecule has 0 bridgehead atoms. The molecule has 0 spiro atoms. The van der Waals surface area contributed by atoms with Gasteiger partial charge in [0.1, 0.15) is 0 Å². The van der Waals surface area contributed by atoms with Gasteiger partial charge in [-0.1, -0.05) is 32.8 Å². The molecule has 1 fully saturated rings. The van der Waals surface area contributed by atoms with Crippen molar-refractivity contribution in [3.8, 4) is 0 Å². The number of hydrogen-bond donors (Lipinski definition) is 1. The van der Waals surface area contributed by atoms with Gasteiger partial charge in [-0.2, -0.15) is 0 Å². The first-order chi connectivity index (χ1) is 9.61. The fourth-order valence-electron chi connectivity index (χ4n) is 3.15. The Balaban J connectivity index is 2.23. The van der Waals surface area contributed by atoms with Gasteiger partial charge in [0.15, 0.2) is 0 Å². The van der Waals surface area contributed by atoms with E-state index in [0.717, 1.165) is 19.1 Å². The monoisotopic (exact) mass is 338 g/mol. The number of halogens is 1. The molecular weight excluding hydrogens is 312 g/mol. The molecule has 1 N–H and O–H groups in total. The van der Waals surface area contributed by atoms with E-state index in [9.17, 15) is 0 Å². The molecule has 0 radical (unpaired) electrons. The van der Waals surface area contributed by atoms with E-state index in [0.29, 0.717) is 5.92 Å². The summed E-state index contributed by atoms with van der Waals surface area (Å²) in [6.07, 6.45) is 5.46. The maximum atomic E-state index is 3.79. The molecule has 0 saturated heterocycles. The maximum Gasteiger partial charge on any atom is 0.0513 e. The van der Waals surface area contributed by atoms with Gasteiger partial charge >= 0.3 is 0 Å². The fourth-order valence-corrected chi connectivity index (χ4v) is 3.80. The van der Waals surface area contributed by atoms with Crippen molar-refractivity contribution in [2.75, 3.05) is 18.5 Å². The Kier molecular flexibility index (Phi) is 5.91. The molecule has 0 aromatic heterocycles. The first-order valence-electron chi connectivity index (χ1n) is 7.81. The molecule has 2 nitrogen and oxygen atoms in total. The molecule has 1 aromatic rings. The molecule has 0 unspecified atom stereocenters. The van der Waals surface area contributed by atoms with E-state index < -0.39 is 0 Å². The van der Waals surface area contributed by atoms with Crippen LogP contribution >= 0.6 is 15.9 Å². The lowest BCUT2D eigenvalue weighted by Crippen LogP contribution is -2.36. The Morgan fingerprint density at radius 3 is 2.55 bits per heavy atom. The molecule has 2 rings (SSSR count). The summed E-state index contributed by atoms with van der Waals surface area (Å²) in [5, 5.41) is 3.21. The van der Waals surface area contributed by atoms with Crippen LogP contribution < -0.4 is 10.2 Å². The van der Waals surface area contributed by atoms with Gasteiger partial charge in [-0.15, -0.1) is 0 Å². The van der Waals surface area contributed by atoms with Crippen molar-refractivity contribution >= 4 is 21.6 Å². The molecule has 0 aliphatic heterocycles. The van der Waals surface area contributed by atoms with Crippen molar-refractivity contribution in [2.24, 2.45) is 5.92 Å². The molecular formula is C17H27BrN2. The van der Waals surface area contributed by atoms with E-state index in [1.165, 1.54) is 41.4 Å². The predicted octanol–water partition coefficient (Wildman–Crippen LogP) is 4.57. The molecule has 0 atom stereocenters. The van der Waals surface area contributed by atoms with E-state index in [1.807, 2.05) is 7.05 Å². The van der Waals surface area contributed by atoms with Crippen LogP contribution in [-0.2, 0) is 6.54 Å². The Hall–Kier alpha value is -0.540. The first-order valence-corrected chi connectivity index (χ1v) is 8.60. The standard InChI is InChI=1S/C17H27BrN2/c1-13(2)12-20(15-6-4-5-7-15)17-9-8-14(11-19-3)10-16(17)18/h8-10,13,15,19H,4-7,11-12H2,1-3H3. The highest BCUT2D eigenvalue weighted by Crippen LogP contribution is 2.34. The number of nitrogens with zero attached hydrogens (tertiary/aromatic N) is 1. The van der Waals surface area contributed by atoms with E-state index in [4.69, 9.17) is 0 Å². The summed E-state index contributed by atoms with van der Waals surface area (Å²) in [5.74, 6) is 0.694. The Morgan fingerprint density at radius 1 is 1.30 bits per heavy atom. The zero-order valence-electron chi connectivity index (χ0n) is 13.0. The Morgan fingerprint density at radius 2 is 2.00 bits per heavy atom. The van der Waals surface area contributed by atoms with Crippen LogP contribution in [-0.4, -0.2) is 19.6 Å². The summed E-state index contributed by atoms with van der Waals surface area (Å²) >= 11 is 3.79. The lowest BCUT2D eigenvalue weighted by atomic mass is 10.1. The number of rotatable bonds is 6. The second-order valence-corrected chi connectivity index (χ2v) is 7.15. The number of benzene rings is 1. The summed E-state index contributed by atoms with van der Waals surface area (Å²) in [7, 11) is 1.99. The molecule has 1 saturated carbocycles. The van der Waals surface area contributed by atoms with Gasteiger partial charge in [0.2, 0.25) is 0 Å². The minimum atomic E-state index is 0.694. The van der Waals surface area contributed by atoms with Gasteiger partial charge in [-0.3, -0.25) is 0 Å². The second-order valence-electron chi connectivity index (χ2n) is 6.30. The highest BCUT2D eigenvalue weighted by molar-refractivity contribution is 9.10. The third-order valence-electron chi connectivity index (χ3n) is 4.03. The van der Waals surface area contributed by atoms with Crippen molar-refractivity contribution in [3.05, 3.63) is 28.2 Å². The molecule has 1 aliphatic rings. The predicted molar refractivity (Wildman–Crippen MR) is 91.3 cm³/mol. The van der Waals surface area contributed by atoms with Gasteiger partial charge in [-0.25, -0.2) is 0 Å². The average molecular weight is 339 g/mol. The molecule has 0 amide bonds. The number of anilines is 1. The number of nitrogens with one attached hydrogen (secondary N) is 1. The molecule has 20 heavy (non-hydrogen) atoms. The third-order valence-corrected chi connectivity index (χ3v) is 4.66. The largest absolute Gasteiger partial charge is 0.367 e. The van der Waals surface area contributed by atoms with E-state index >= 15 is 0 Å². The van der Waals surface area contributed by atoms with Crippen molar-refractivity contribution in [1.82, 2.24) is 5.32 Å². The lowest BCUT2D eigenvalue weighted by Gasteiger charge is -2.33. The van der Waals surface area contributed by atoms with E-state index in [-0.39, 0.29) is 0 Å². The summed E-state index contributed by atoms with van der Waals surface area (Å²) in [5.41, 5.74) is 2.70. The van der Waals surface area contributed by atoms with Crippen LogP contribution in [0.1, 0.15) is 45.1 Å². The number of hydrogen-bond acceptors (Lipinski definition) is 2. The average Bonchev–Trinajstić information content (AvgIpc) is 2.90. The SMILES string of the molecule is CNCc1ccc(N(CC(C)C)C2CCCC2)c(Br)c1. The first kappa shape index (κ1) is 15.8. The molecule has 1 aliphatic carbocycles. The van der Waals surface area contributed by atoms with Crippen LogP contribution in [0.3, 0.4) is 0 Å². The van der Waals surface area contributed by atoms with Crippen molar-refractivity contribution in [1.29, 1.82) is 0 Å². The Labute approximate surface area is 132 Å². The van der Waals surface area contributed by atoms with E-state index in [1.54, 1.807) is 0 Å². The van der Waals surface area contributed by atoms with Gasteiger partial charge in [0, 0.05) is 23.6 Å². The minimum Gasteiger partial charge on any atom is -0.367 e. The van der Waals surface area contributed by atoms with Crippen LogP contribution in [0.2, 0.25) is 0 Å². The van der Waals surface area contributed by atoms with E-state index in [2.05, 4.69) is 58.2 Å². The fraction of sp³-hybridized carbons (Fsp3) is 0.647. The molecule has 1 aromatic carbocycles. The minimum absolute atomic E-state index is 0.694. The van der Waals surface area contributed by atoms with Crippen molar-refractivity contribution in [3.63, 3.8) is 0 Å². The zero-order valence-corrected chi connectivity index (χ0v) is 14.5. The van der Waals surface area contributed by atoms with Crippen LogP contribution in [0.15, 0.2) is 22.7 Å². The van der Waals surface area contributed by atoms with Gasteiger partial charge in [0.25, 0.3) is 0 Å². The lowest BCUT2D eigenvalue weighted by molar-refractivity contribution is 0.535. The van der Waals surface area contributed by atoms with Crippen LogP contribution in [0.5, 0.6) is 0 Å². The van der Waals surface area contributed by atoms with Crippen LogP contribution in [0, 0.1) is 5.92 Å². The molecule has 112 valence electrons. The third kappa shape index (κ3) is 3.98. The second kappa shape index (κ2) is 7.46. The van der Waals surface area contributed by atoms with Gasteiger partial charge in [-0.05, 0) is 59.4 Å². The molecule has 3 heteroatoms. The normalized spacial score (nSPS) is 16.1. The van der Waals surface area contributed by atoms with Gasteiger partial charge in [0.05, 0.1) is 5.69 Å². The highest BCUT2D eigenvalue weighted by atomic mass is 79.9. The summed E-state index contributed by atoms with van der Waals surface area (Å²) in [6.45, 7) is 6.69. The van der Waals surface area contributed by atoms with Crippen LogP contribution in [0.4, 0.5) is 5.69 Å². The summed E-state index contributed by atoms with van der Waals surface area (Å²) in [4.78, 5) is 2.63. The van der Waals surface area contributed by atoms with Crippen molar-refractivity contribution in [2.45, 2.75) is 52.1 Å². The zero-order chi connectivity index (χ0) is 14.5. The maximum absolute atomic E-state index is 3.79. The molecule has 0 heterocycles. The summed E-state index contributed by atoms with van der Waals surface area (Å²) < 4.78 is 1.23. The van der Waals surface area contributed by atoms with Crippen molar-refractivity contribution < 1.29 is 0 Å². The highest BCUT2D eigenvalue weighted by Gasteiger charge is 2.24. The van der Waals surface area contributed by atoms with Gasteiger partial charge < -0.3 is 10.2 Å². The topological polar surface area (TPSA) is 15.3 Å².